The average molecular weight is 300 g/mol. The van der Waals surface area contributed by atoms with Gasteiger partial charge in [0.05, 0.1) is 7.11 Å². The summed E-state index contributed by atoms with van der Waals surface area (Å²) in [5.74, 6) is -0.661. The lowest BCUT2D eigenvalue weighted by atomic mass is 10.2. The molecule has 0 saturated carbocycles. The van der Waals surface area contributed by atoms with Crippen LogP contribution in [0.5, 0.6) is 0 Å². The third-order valence-electron chi connectivity index (χ3n) is 2.78. The van der Waals surface area contributed by atoms with Gasteiger partial charge in [-0.1, -0.05) is 30.3 Å². The van der Waals surface area contributed by atoms with Crippen molar-refractivity contribution in [1.82, 2.24) is 10.3 Å². The minimum Gasteiger partial charge on any atom is -0.464 e. The number of ether oxygens (including phenoxy) is 2. The molecule has 0 atom stereocenters. The second-order valence-electron chi connectivity index (χ2n) is 4.36. The number of aromatic nitrogens is 1. The van der Waals surface area contributed by atoms with Gasteiger partial charge in [-0.05, 0) is 23.8 Å². The summed E-state index contributed by atoms with van der Waals surface area (Å²) in [6.07, 6.45) is 2.44. The van der Waals surface area contributed by atoms with Crippen LogP contribution in [0.15, 0.2) is 54.4 Å². The Morgan fingerprint density at radius 2 is 1.95 bits per heavy atom. The van der Waals surface area contributed by atoms with E-state index in [-0.39, 0.29) is 12.3 Å². The Hall–Kier alpha value is -3.02. The van der Waals surface area contributed by atoms with Gasteiger partial charge in [0.15, 0.2) is 0 Å². The molecule has 2 aromatic rings. The Balaban J connectivity index is 1.98. The van der Waals surface area contributed by atoms with Gasteiger partial charge in [-0.15, -0.1) is 0 Å². The van der Waals surface area contributed by atoms with Crippen LogP contribution < -0.4 is 5.32 Å². The van der Waals surface area contributed by atoms with Gasteiger partial charge in [-0.2, -0.15) is 0 Å². The van der Waals surface area contributed by atoms with Gasteiger partial charge in [0, 0.05) is 11.9 Å². The molecule has 22 heavy (non-hydrogen) atoms. The summed E-state index contributed by atoms with van der Waals surface area (Å²) in [7, 11) is 1.24. The van der Waals surface area contributed by atoms with Crippen molar-refractivity contribution in [3.05, 3.63) is 65.6 Å². The minimum absolute atomic E-state index is 0.0111. The van der Waals surface area contributed by atoms with E-state index in [1.165, 1.54) is 13.2 Å². The third kappa shape index (κ3) is 4.52. The Kier molecular flexibility index (Phi) is 5.37. The van der Waals surface area contributed by atoms with Crippen molar-refractivity contribution in [2.24, 2.45) is 0 Å². The van der Waals surface area contributed by atoms with Crippen LogP contribution in [0.2, 0.25) is 0 Å². The molecule has 1 aromatic carbocycles. The first-order chi connectivity index (χ1) is 10.7. The smallest absolute Gasteiger partial charge is 0.412 e. The molecule has 6 nitrogen and oxygen atoms in total. The lowest BCUT2D eigenvalue weighted by molar-refractivity contribution is -0.136. The Bertz CT molecular complexity index is 648. The average Bonchev–Trinajstić information content (AvgIpc) is 3.05. The normalized spacial score (nSPS) is 10.9. The van der Waals surface area contributed by atoms with Crippen LogP contribution in [0, 0.1) is 0 Å². The number of H-pyrrole nitrogens is 1. The molecule has 2 rings (SSSR count). The zero-order valence-electron chi connectivity index (χ0n) is 12.0. The molecule has 1 aromatic heterocycles. The fourth-order valence-corrected chi connectivity index (χ4v) is 1.71. The predicted octanol–water partition coefficient (Wildman–Crippen LogP) is 2.46. The van der Waals surface area contributed by atoms with Crippen LogP contribution in [0.3, 0.4) is 0 Å². The number of amides is 1. The van der Waals surface area contributed by atoms with E-state index in [9.17, 15) is 9.59 Å². The van der Waals surface area contributed by atoms with Crippen molar-refractivity contribution >= 4 is 18.1 Å². The monoisotopic (exact) mass is 300 g/mol. The highest BCUT2D eigenvalue weighted by Crippen LogP contribution is 2.05. The summed E-state index contributed by atoms with van der Waals surface area (Å²) in [4.78, 5) is 26.4. The lowest BCUT2D eigenvalue weighted by Crippen LogP contribution is -2.28. The lowest BCUT2D eigenvalue weighted by Gasteiger charge is -2.09. The number of hydrogen-bond acceptors (Lipinski definition) is 4. The first kappa shape index (κ1) is 15.4. The van der Waals surface area contributed by atoms with Gasteiger partial charge >= 0.3 is 12.1 Å². The number of benzene rings is 1. The number of nitrogens with one attached hydrogen (secondary N) is 2. The maximum atomic E-state index is 11.8. The van der Waals surface area contributed by atoms with Gasteiger partial charge in [-0.25, -0.2) is 9.59 Å². The van der Waals surface area contributed by atoms with E-state index in [1.54, 1.807) is 18.3 Å². The van der Waals surface area contributed by atoms with Gasteiger partial charge in [-0.3, -0.25) is 5.32 Å². The largest absolute Gasteiger partial charge is 0.464 e. The molecule has 0 aliphatic heterocycles. The molecule has 0 unspecified atom stereocenters. The molecule has 0 fully saturated rings. The number of rotatable bonds is 5. The van der Waals surface area contributed by atoms with E-state index in [4.69, 9.17) is 4.74 Å². The van der Waals surface area contributed by atoms with E-state index in [1.807, 2.05) is 30.3 Å². The van der Waals surface area contributed by atoms with E-state index in [0.717, 1.165) is 5.56 Å². The molecular formula is C16H16N2O4. The molecule has 0 radical (unpaired) electrons. The molecule has 0 spiro atoms. The first-order valence-corrected chi connectivity index (χ1v) is 6.60. The van der Waals surface area contributed by atoms with Crippen molar-refractivity contribution in [2.75, 3.05) is 7.11 Å². The minimum atomic E-state index is -0.730. The van der Waals surface area contributed by atoms with Gasteiger partial charge < -0.3 is 14.5 Å². The highest BCUT2D eigenvalue weighted by molar-refractivity contribution is 5.96. The Labute approximate surface area is 127 Å². The molecule has 0 bridgehead atoms. The molecule has 1 amide bonds. The number of carbonyl (C=O) groups is 2. The van der Waals surface area contributed by atoms with Crippen molar-refractivity contribution in [1.29, 1.82) is 0 Å². The van der Waals surface area contributed by atoms with Crippen molar-refractivity contribution < 1.29 is 19.1 Å². The Morgan fingerprint density at radius 3 is 2.59 bits per heavy atom. The second-order valence-corrected chi connectivity index (χ2v) is 4.36. The Morgan fingerprint density at radius 1 is 1.18 bits per heavy atom. The van der Waals surface area contributed by atoms with Crippen LogP contribution in [-0.2, 0) is 20.9 Å². The summed E-state index contributed by atoms with van der Waals surface area (Å²) in [6.45, 7) is 0.115. The van der Waals surface area contributed by atoms with Crippen LogP contribution in [0.4, 0.5) is 4.79 Å². The number of alkyl carbamates (subject to hydrolysis) is 1. The van der Waals surface area contributed by atoms with Crippen LogP contribution in [0.25, 0.3) is 6.08 Å². The first-order valence-electron chi connectivity index (χ1n) is 6.60. The fourth-order valence-electron chi connectivity index (χ4n) is 1.71. The molecule has 0 aliphatic rings. The summed E-state index contributed by atoms with van der Waals surface area (Å²) < 4.78 is 9.70. The molecule has 2 N–H and O–H groups in total. The van der Waals surface area contributed by atoms with E-state index < -0.39 is 12.1 Å². The van der Waals surface area contributed by atoms with Crippen molar-refractivity contribution in [3.63, 3.8) is 0 Å². The number of methoxy groups -OCH3 is 1. The van der Waals surface area contributed by atoms with Crippen LogP contribution >= 0.6 is 0 Å². The second kappa shape index (κ2) is 7.68. The maximum Gasteiger partial charge on any atom is 0.412 e. The topological polar surface area (TPSA) is 80.4 Å². The number of esters is 1. The molecule has 6 heteroatoms. The predicted molar refractivity (Wildman–Crippen MR) is 80.5 cm³/mol. The summed E-state index contributed by atoms with van der Waals surface area (Å²) in [5.41, 5.74) is 1.50. The number of aromatic amines is 1. The molecule has 0 aliphatic carbocycles. The van der Waals surface area contributed by atoms with Crippen molar-refractivity contribution in [2.45, 2.75) is 6.61 Å². The van der Waals surface area contributed by atoms with E-state index >= 15 is 0 Å². The summed E-state index contributed by atoms with van der Waals surface area (Å²) in [6, 6.07) is 12.8. The standard InChI is InChI=1S/C16H16N2O4/c1-21-15(19)14(10-13-8-5-9-17-13)18-16(20)22-11-12-6-3-2-4-7-12/h2-10,17H,11H2,1H3,(H,18,20)/b14-10-. The summed E-state index contributed by atoms with van der Waals surface area (Å²) >= 11 is 0. The SMILES string of the molecule is COC(=O)/C(=C/c1ccc[nH]1)NC(=O)OCc1ccccc1. The highest BCUT2D eigenvalue weighted by atomic mass is 16.6. The third-order valence-corrected chi connectivity index (χ3v) is 2.78. The molecule has 0 saturated heterocycles. The molecule has 114 valence electrons. The maximum absolute atomic E-state index is 11.8. The number of carbonyl (C=O) groups excluding carboxylic acids is 2. The van der Waals surface area contributed by atoms with Crippen LogP contribution in [0.1, 0.15) is 11.3 Å². The molecular weight excluding hydrogens is 284 g/mol. The van der Waals surface area contributed by atoms with E-state index in [0.29, 0.717) is 5.69 Å². The van der Waals surface area contributed by atoms with Crippen molar-refractivity contribution in [3.8, 4) is 0 Å². The van der Waals surface area contributed by atoms with E-state index in [2.05, 4.69) is 15.0 Å². The van der Waals surface area contributed by atoms with Gasteiger partial charge in [0.25, 0.3) is 0 Å². The van der Waals surface area contributed by atoms with Crippen LogP contribution in [-0.4, -0.2) is 24.2 Å². The zero-order valence-corrected chi connectivity index (χ0v) is 12.0. The molecule has 1 heterocycles. The quantitative estimate of drug-likeness (QED) is 0.656. The van der Waals surface area contributed by atoms with Gasteiger partial charge in [0.2, 0.25) is 0 Å². The van der Waals surface area contributed by atoms with Gasteiger partial charge in [0.1, 0.15) is 12.3 Å². The summed E-state index contributed by atoms with van der Waals surface area (Å²) in [5, 5.41) is 2.38. The highest BCUT2D eigenvalue weighted by Gasteiger charge is 2.14. The zero-order chi connectivity index (χ0) is 15.8. The number of hydrogen-bond donors (Lipinski definition) is 2. The fraction of sp³-hybridized carbons (Fsp3) is 0.125.